The van der Waals surface area contributed by atoms with Gasteiger partial charge < -0.3 is 0 Å². The molecule has 0 aliphatic carbocycles. The Hall–Kier alpha value is -2.73. The summed E-state index contributed by atoms with van der Waals surface area (Å²) in [5.41, 5.74) is 6.39. The summed E-state index contributed by atoms with van der Waals surface area (Å²) in [6, 6.07) is 20.6. The van der Waals surface area contributed by atoms with Crippen LogP contribution in [0.25, 0.3) is 0 Å². The first-order chi connectivity index (χ1) is 11.3. The molecule has 0 radical (unpaired) electrons. The van der Waals surface area contributed by atoms with E-state index in [1.165, 1.54) is 11.1 Å². The average molecular weight is 323 g/mol. The molecule has 3 rings (SSSR count). The number of aromatic nitrogens is 3. The molecule has 1 heterocycles. The van der Waals surface area contributed by atoms with E-state index in [2.05, 4.69) is 50.0 Å². The molecule has 0 amide bonds. The van der Waals surface area contributed by atoms with E-state index in [1.807, 2.05) is 36.4 Å². The van der Waals surface area contributed by atoms with Gasteiger partial charge in [0.1, 0.15) is 0 Å². The summed E-state index contributed by atoms with van der Waals surface area (Å²) in [7, 11) is 0. The minimum Gasteiger partial charge on any atom is -0.272 e. The first kappa shape index (κ1) is 15.2. The summed E-state index contributed by atoms with van der Waals surface area (Å²) < 4.78 is 0.398. The predicted octanol–water partition coefficient (Wildman–Crippen LogP) is 3.72. The van der Waals surface area contributed by atoms with Crippen molar-refractivity contribution >= 4 is 23.9 Å². The molecule has 0 fully saturated rings. The number of H-pyrrole nitrogens is 2. The molecular weight excluding hydrogens is 306 g/mol. The van der Waals surface area contributed by atoms with Gasteiger partial charge in [0.15, 0.2) is 0 Å². The maximum absolute atomic E-state index is 4.94. The highest BCUT2D eigenvalue weighted by molar-refractivity contribution is 7.71. The van der Waals surface area contributed by atoms with E-state index in [1.54, 1.807) is 0 Å². The second kappa shape index (κ2) is 7.51. The molecular formula is C17H17N5S. The minimum absolute atomic E-state index is 0.398. The Kier molecular flexibility index (Phi) is 4.95. The summed E-state index contributed by atoms with van der Waals surface area (Å²) in [5, 5.41) is 10.1. The van der Waals surface area contributed by atoms with E-state index < -0.39 is 0 Å². The molecule has 2 aromatic carbocycles. The van der Waals surface area contributed by atoms with Crippen molar-refractivity contribution in [1.82, 2.24) is 15.2 Å². The van der Waals surface area contributed by atoms with Crippen molar-refractivity contribution in [3.8, 4) is 0 Å². The molecule has 0 aliphatic heterocycles. The number of rotatable bonds is 6. The molecule has 116 valence electrons. The van der Waals surface area contributed by atoms with Gasteiger partial charge in [-0.3, -0.25) is 10.2 Å². The lowest BCUT2D eigenvalue weighted by atomic mass is 10.0. The van der Waals surface area contributed by atoms with Gasteiger partial charge in [0.05, 0.1) is 0 Å². The lowest BCUT2D eigenvalue weighted by Crippen LogP contribution is -2.10. The molecule has 0 aliphatic rings. The topological polar surface area (TPSA) is 68.9 Å². The van der Waals surface area contributed by atoms with Gasteiger partial charge in [-0.25, -0.2) is 5.43 Å². The summed E-state index contributed by atoms with van der Waals surface area (Å²) in [6.07, 6.45) is 1.54. The number of anilines is 1. The Morgan fingerprint density at radius 3 is 1.96 bits per heavy atom. The maximum atomic E-state index is 4.94. The monoisotopic (exact) mass is 323 g/mol. The first-order valence-corrected chi connectivity index (χ1v) is 7.74. The largest absolute Gasteiger partial charge is 0.272 e. The molecule has 0 unspecified atom stereocenters. The first-order valence-electron chi connectivity index (χ1n) is 7.33. The van der Waals surface area contributed by atoms with Gasteiger partial charge in [0, 0.05) is 18.6 Å². The highest BCUT2D eigenvalue weighted by Crippen LogP contribution is 2.08. The van der Waals surface area contributed by atoms with Gasteiger partial charge in [-0.1, -0.05) is 60.7 Å². The summed E-state index contributed by atoms with van der Waals surface area (Å²) >= 11 is 4.94. The zero-order chi connectivity index (χ0) is 15.9. The minimum atomic E-state index is 0.398. The van der Waals surface area contributed by atoms with Crippen molar-refractivity contribution < 1.29 is 0 Å². The third-order valence-corrected chi connectivity index (χ3v) is 3.52. The van der Waals surface area contributed by atoms with E-state index in [9.17, 15) is 0 Å². The maximum Gasteiger partial charge on any atom is 0.238 e. The van der Waals surface area contributed by atoms with E-state index in [4.69, 9.17) is 12.2 Å². The third kappa shape index (κ3) is 4.62. The number of hydrogen-bond acceptors (Lipinski definition) is 4. The molecule has 0 bridgehead atoms. The fourth-order valence-electron chi connectivity index (χ4n) is 2.26. The Labute approximate surface area is 139 Å². The van der Waals surface area contributed by atoms with Crippen LogP contribution in [0.1, 0.15) is 11.1 Å². The Balaban J connectivity index is 1.78. The number of hydrazone groups is 1. The Morgan fingerprint density at radius 1 is 0.913 bits per heavy atom. The van der Waals surface area contributed by atoms with Crippen LogP contribution >= 0.6 is 12.2 Å². The zero-order valence-electron chi connectivity index (χ0n) is 12.5. The van der Waals surface area contributed by atoms with Crippen molar-refractivity contribution in [3.05, 3.63) is 76.6 Å². The van der Waals surface area contributed by atoms with Gasteiger partial charge in [-0.15, -0.1) is 0 Å². The highest BCUT2D eigenvalue weighted by atomic mass is 32.1. The molecule has 0 spiro atoms. The number of benzene rings is 2. The van der Waals surface area contributed by atoms with Gasteiger partial charge in [0.2, 0.25) is 10.7 Å². The molecule has 1 aromatic heterocycles. The molecule has 23 heavy (non-hydrogen) atoms. The molecule has 0 atom stereocenters. The van der Waals surface area contributed by atoms with Crippen LogP contribution in [0.4, 0.5) is 5.95 Å². The molecule has 0 saturated carbocycles. The van der Waals surface area contributed by atoms with Crippen molar-refractivity contribution in [2.45, 2.75) is 12.8 Å². The second-order valence-corrected chi connectivity index (χ2v) is 5.52. The summed E-state index contributed by atoms with van der Waals surface area (Å²) in [4.78, 5) is 4.08. The van der Waals surface area contributed by atoms with Gasteiger partial charge in [-0.05, 0) is 23.3 Å². The Morgan fingerprint density at radius 2 is 1.48 bits per heavy atom. The van der Waals surface area contributed by atoms with Crippen LogP contribution in [0.15, 0.2) is 65.8 Å². The number of nitrogens with one attached hydrogen (secondary N) is 3. The zero-order valence-corrected chi connectivity index (χ0v) is 13.3. The highest BCUT2D eigenvalue weighted by Gasteiger charge is 2.05. The fraction of sp³-hybridized carbons (Fsp3) is 0.118. The quantitative estimate of drug-likeness (QED) is 0.368. The smallest absolute Gasteiger partial charge is 0.238 e. The van der Waals surface area contributed by atoms with Crippen LogP contribution in [0.3, 0.4) is 0 Å². The Bertz CT molecular complexity index is 777. The summed E-state index contributed by atoms with van der Waals surface area (Å²) in [5.74, 6) is 0.508. The van der Waals surface area contributed by atoms with Crippen LogP contribution in [0.2, 0.25) is 0 Å². The predicted molar refractivity (Wildman–Crippen MR) is 95.1 cm³/mol. The van der Waals surface area contributed by atoms with Gasteiger partial charge >= 0.3 is 0 Å². The average Bonchev–Trinajstić information content (AvgIpc) is 3.00. The SMILES string of the molecule is S=c1nc(NN=C(Cc2ccccc2)Cc2ccccc2)[nH][nH]1. The van der Waals surface area contributed by atoms with Crippen LogP contribution in [0.5, 0.6) is 0 Å². The lowest BCUT2D eigenvalue weighted by molar-refractivity contribution is 1.06. The molecule has 0 saturated heterocycles. The fourth-order valence-corrected chi connectivity index (χ4v) is 2.40. The van der Waals surface area contributed by atoms with Gasteiger partial charge in [0.25, 0.3) is 0 Å². The van der Waals surface area contributed by atoms with Crippen molar-refractivity contribution in [2.24, 2.45) is 5.10 Å². The lowest BCUT2D eigenvalue weighted by Gasteiger charge is -2.07. The number of nitrogens with zero attached hydrogens (tertiary/aromatic N) is 2. The van der Waals surface area contributed by atoms with Gasteiger partial charge in [-0.2, -0.15) is 10.1 Å². The molecule has 6 heteroatoms. The van der Waals surface area contributed by atoms with E-state index in [0.717, 1.165) is 18.6 Å². The molecule has 3 N–H and O–H groups in total. The normalized spacial score (nSPS) is 10.3. The van der Waals surface area contributed by atoms with Crippen LogP contribution < -0.4 is 5.43 Å². The van der Waals surface area contributed by atoms with E-state index in [0.29, 0.717) is 10.7 Å². The van der Waals surface area contributed by atoms with Crippen LogP contribution in [0, 0.1) is 4.77 Å². The van der Waals surface area contributed by atoms with Crippen LogP contribution in [-0.4, -0.2) is 20.9 Å². The van der Waals surface area contributed by atoms with Crippen molar-refractivity contribution in [2.75, 3.05) is 5.43 Å². The molecule has 5 nitrogen and oxygen atoms in total. The number of hydrogen-bond donors (Lipinski definition) is 3. The van der Waals surface area contributed by atoms with Crippen molar-refractivity contribution in [1.29, 1.82) is 0 Å². The van der Waals surface area contributed by atoms with E-state index >= 15 is 0 Å². The van der Waals surface area contributed by atoms with E-state index in [-0.39, 0.29) is 0 Å². The molecule has 3 aromatic rings. The van der Waals surface area contributed by atoms with Crippen LogP contribution in [-0.2, 0) is 12.8 Å². The third-order valence-electron chi connectivity index (χ3n) is 3.32. The standard InChI is InChI=1S/C17H17N5S/c23-17-18-16(21-22-17)20-19-15(11-13-7-3-1-4-8-13)12-14-9-5-2-6-10-14/h1-10H,11-12H2,(H3,18,20,21,22,23). The second-order valence-electron chi connectivity index (χ2n) is 5.13. The van der Waals surface area contributed by atoms with Crippen molar-refractivity contribution in [3.63, 3.8) is 0 Å². The summed E-state index contributed by atoms with van der Waals surface area (Å²) in [6.45, 7) is 0. The number of aromatic amines is 2.